The Balaban J connectivity index is 4.30. The lowest BCUT2D eigenvalue weighted by Crippen LogP contribution is -2.50. The van der Waals surface area contributed by atoms with Gasteiger partial charge in [-0.05, 0) is 70.6 Å². The number of esters is 2. The van der Waals surface area contributed by atoms with E-state index in [1.165, 1.54) is 89.9 Å². The van der Waals surface area contributed by atoms with Crippen LogP contribution in [0.1, 0.15) is 200 Å². The van der Waals surface area contributed by atoms with E-state index in [1.807, 2.05) is 21.1 Å². The minimum absolute atomic E-state index is 0.0532. The van der Waals surface area contributed by atoms with Crippen molar-refractivity contribution < 1.29 is 38.2 Å². The van der Waals surface area contributed by atoms with Gasteiger partial charge < -0.3 is 23.8 Å². The van der Waals surface area contributed by atoms with Crippen molar-refractivity contribution in [3.8, 4) is 0 Å². The molecule has 0 rings (SSSR count). The zero-order chi connectivity index (χ0) is 42.8. The Morgan fingerprint density at radius 1 is 0.534 bits per heavy atom. The fourth-order valence-electron chi connectivity index (χ4n) is 6.81. The topological polar surface area (TPSA) is 99.1 Å². The highest BCUT2D eigenvalue weighted by Crippen LogP contribution is 2.14. The second-order valence-corrected chi connectivity index (χ2v) is 17.0. The number of allylic oxidation sites excluding steroid dienone is 8. The van der Waals surface area contributed by atoms with Crippen LogP contribution in [-0.2, 0) is 28.6 Å². The number of aliphatic carboxylic acids is 1. The van der Waals surface area contributed by atoms with E-state index in [0.717, 1.165) is 77.0 Å². The van der Waals surface area contributed by atoms with Gasteiger partial charge in [-0.25, -0.2) is 4.79 Å². The van der Waals surface area contributed by atoms with Crippen molar-refractivity contribution in [1.29, 1.82) is 0 Å². The SMILES string of the molecule is CC/C=C\C/C=C\C/C=C\CCCCCCCC(=O)OC(COCCC(C(=O)O)[N+](C)(C)C)COC(=O)CCCCCCCCCCC/C=C\CCCCCCCC. The molecule has 0 saturated carbocycles. The van der Waals surface area contributed by atoms with E-state index < -0.39 is 18.1 Å². The summed E-state index contributed by atoms with van der Waals surface area (Å²) in [6.45, 7) is 4.61. The van der Waals surface area contributed by atoms with Crippen molar-refractivity contribution in [3.63, 3.8) is 0 Å². The van der Waals surface area contributed by atoms with Crippen LogP contribution < -0.4 is 0 Å². The van der Waals surface area contributed by atoms with Crippen molar-refractivity contribution in [2.75, 3.05) is 41.0 Å². The minimum Gasteiger partial charge on any atom is -0.477 e. The Labute approximate surface area is 356 Å². The van der Waals surface area contributed by atoms with E-state index in [1.54, 1.807) is 0 Å². The van der Waals surface area contributed by atoms with Gasteiger partial charge in [0.2, 0.25) is 0 Å². The lowest BCUT2D eigenvalue weighted by molar-refractivity contribution is -0.887. The van der Waals surface area contributed by atoms with Crippen LogP contribution >= 0.6 is 0 Å². The zero-order valence-corrected chi connectivity index (χ0v) is 38.2. The van der Waals surface area contributed by atoms with Crippen LogP contribution in [0.4, 0.5) is 0 Å². The van der Waals surface area contributed by atoms with Crippen LogP contribution in [0, 0.1) is 0 Å². The molecule has 0 bridgehead atoms. The Hall–Kier alpha value is -2.71. The van der Waals surface area contributed by atoms with E-state index >= 15 is 0 Å². The number of carbonyl (C=O) groups is 3. The highest BCUT2D eigenvalue weighted by molar-refractivity contribution is 5.72. The number of hydrogen-bond donors (Lipinski definition) is 1. The van der Waals surface area contributed by atoms with Crippen molar-refractivity contribution in [2.45, 2.75) is 212 Å². The molecular weight excluding hydrogens is 727 g/mol. The first-order chi connectivity index (χ1) is 28.1. The average molecular weight is 817 g/mol. The monoisotopic (exact) mass is 817 g/mol. The molecule has 0 radical (unpaired) electrons. The van der Waals surface area contributed by atoms with Gasteiger partial charge in [-0.1, -0.05) is 159 Å². The number of unbranched alkanes of at least 4 members (excludes halogenated alkanes) is 20. The third-order valence-corrected chi connectivity index (χ3v) is 10.5. The second-order valence-electron chi connectivity index (χ2n) is 17.0. The molecule has 0 aromatic heterocycles. The van der Waals surface area contributed by atoms with Crippen LogP contribution in [0.2, 0.25) is 0 Å². The maximum Gasteiger partial charge on any atom is 0.362 e. The second kappa shape index (κ2) is 41.0. The van der Waals surface area contributed by atoms with E-state index in [-0.39, 0.29) is 36.2 Å². The summed E-state index contributed by atoms with van der Waals surface area (Å²) in [6.07, 6.45) is 48.7. The van der Waals surface area contributed by atoms with Gasteiger partial charge in [-0.15, -0.1) is 0 Å². The smallest absolute Gasteiger partial charge is 0.362 e. The molecule has 0 aromatic rings. The summed E-state index contributed by atoms with van der Waals surface area (Å²) < 4.78 is 17.3. The molecule has 0 fully saturated rings. The molecule has 0 saturated heterocycles. The summed E-state index contributed by atoms with van der Waals surface area (Å²) in [4.78, 5) is 37.0. The van der Waals surface area contributed by atoms with Crippen LogP contribution in [0.15, 0.2) is 48.6 Å². The molecular formula is C50H90NO7+. The predicted molar refractivity (Wildman–Crippen MR) is 243 cm³/mol. The Kier molecular flexibility index (Phi) is 39.1. The third-order valence-electron chi connectivity index (χ3n) is 10.5. The number of nitrogens with zero attached hydrogens (tertiary/aromatic N) is 1. The van der Waals surface area contributed by atoms with Crippen molar-refractivity contribution >= 4 is 17.9 Å². The van der Waals surface area contributed by atoms with Crippen LogP contribution in [0.25, 0.3) is 0 Å². The lowest BCUT2D eigenvalue weighted by atomic mass is 10.1. The van der Waals surface area contributed by atoms with Gasteiger partial charge >= 0.3 is 17.9 Å². The number of rotatable bonds is 42. The zero-order valence-electron chi connectivity index (χ0n) is 38.2. The summed E-state index contributed by atoms with van der Waals surface area (Å²) in [7, 11) is 5.52. The van der Waals surface area contributed by atoms with Gasteiger partial charge in [0.1, 0.15) is 6.61 Å². The van der Waals surface area contributed by atoms with Gasteiger partial charge in [0.15, 0.2) is 12.1 Å². The molecule has 58 heavy (non-hydrogen) atoms. The Bertz CT molecular complexity index is 1090. The lowest BCUT2D eigenvalue weighted by Gasteiger charge is -2.31. The largest absolute Gasteiger partial charge is 0.477 e. The van der Waals surface area contributed by atoms with E-state index in [2.05, 4.69) is 62.5 Å². The molecule has 0 aromatic carbocycles. The Morgan fingerprint density at radius 2 is 0.966 bits per heavy atom. The molecule has 0 heterocycles. The molecule has 1 N–H and O–H groups in total. The van der Waals surface area contributed by atoms with Gasteiger partial charge in [0.25, 0.3) is 0 Å². The summed E-state index contributed by atoms with van der Waals surface area (Å²) in [5.74, 6) is -1.49. The van der Waals surface area contributed by atoms with E-state index in [0.29, 0.717) is 19.3 Å². The number of ether oxygens (including phenoxy) is 3. The third kappa shape index (κ3) is 38.8. The van der Waals surface area contributed by atoms with Crippen molar-refractivity contribution in [1.82, 2.24) is 0 Å². The minimum atomic E-state index is -0.879. The number of carboxylic acids is 1. The van der Waals surface area contributed by atoms with Gasteiger partial charge in [-0.3, -0.25) is 9.59 Å². The maximum absolute atomic E-state index is 12.7. The molecule has 0 aliphatic carbocycles. The molecule has 336 valence electrons. The Morgan fingerprint density at radius 3 is 1.45 bits per heavy atom. The fraction of sp³-hybridized carbons (Fsp3) is 0.780. The fourth-order valence-corrected chi connectivity index (χ4v) is 6.81. The summed E-state index contributed by atoms with van der Waals surface area (Å²) in [5.41, 5.74) is 0. The van der Waals surface area contributed by atoms with Crippen LogP contribution in [0.3, 0.4) is 0 Å². The number of carboxylic acid groups (broad SMARTS) is 1. The van der Waals surface area contributed by atoms with Gasteiger partial charge in [0, 0.05) is 19.3 Å². The van der Waals surface area contributed by atoms with Gasteiger partial charge in [0.05, 0.1) is 34.4 Å². The number of hydrogen-bond acceptors (Lipinski definition) is 6. The molecule has 0 amide bonds. The highest BCUT2D eigenvalue weighted by atomic mass is 16.6. The number of carbonyl (C=O) groups excluding carboxylic acids is 2. The first-order valence-electron chi connectivity index (χ1n) is 23.7. The first-order valence-corrected chi connectivity index (χ1v) is 23.7. The number of quaternary nitrogens is 1. The summed E-state index contributed by atoms with van der Waals surface area (Å²) >= 11 is 0. The summed E-state index contributed by atoms with van der Waals surface area (Å²) in [6, 6.07) is -0.619. The van der Waals surface area contributed by atoms with Gasteiger partial charge in [-0.2, -0.15) is 0 Å². The molecule has 8 heteroatoms. The molecule has 2 atom stereocenters. The number of likely N-dealkylation sites (N-methyl/N-ethyl adjacent to an activating group) is 1. The van der Waals surface area contributed by atoms with Crippen molar-refractivity contribution in [2.24, 2.45) is 0 Å². The molecule has 0 aliphatic heterocycles. The van der Waals surface area contributed by atoms with Crippen molar-refractivity contribution in [3.05, 3.63) is 48.6 Å². The summed E-state index contributed by atoms with van der Waals surface area (Å²) in [5, 5.41) is 9.63. The van der Waals surface area contributed by atoms with E-state index in [4.69, 9.17) is 14.2 Å². The first kappa shape index (κ1) is 55.3. The van der Waals surface area contributed by atoms with E-state index in [9.17, 15) is 19.5 Å². The quantitative estimate of drug-likeness (QED) is 0.0283. The average Bonchev–Trinajstić information content (AvgIpc) is 3.18. The van der Waals surface area contributed by atoms with Crippen LogP contribution in [0.5, 0.6) is 0 Å². The molecule has 0 spiro atoms. The normalized spacial score (nSPS) is 13.3. The molecule has 8 nitrogen and oxygen atoms in total. The van der Waals surface area contributed by atoms with Crippen LogP contribution in [-0.4, -0.2) is 80.6 Å². The predicted octanol–water partition coefficient (Wildman–Crippen LogP) is 13.2. The molecule has 0 aliphatic rings. The standard InChI is InChI=1S/C50H89NO7/c1-6-8-10-12-14-16-18-20-22-23-24-25-27-28-30-32-34-36-38-40-48(52)57-45-46(44-56-43-42-47(50(54)55)51(3,4)5)58-49(53)41-39-37-35-33-31-29-26-21-19-17-15-13-11-9-7-2/h9,11,15,17,20-22,26,46-47H,6-8,10,12-14,16,18-19,23-25,27-45H2,1-5H3/p+1/b11-9-,17-15-,22-20-,26-21-. The maximum atomic E-state index is 12.7. The molecule has 2 unspecified atom stereocenters. The highest BCUT2D eigenvalue weighted by Gasteiger charge is 2.31.